The zero-order chi connectivity index (χ0) is 18.2. The molecule has 3 rings (SSSR count). The molecule has 1 saturated carbocycles. The van der Waals surface area contributed by atoms with Crippen LogP contribution in [0.1, 0.15) is 57.7 Å². The number of fused-ring (bicyclic) bond motifs is 1. The number of hydrogen-bond acceptors (Lipinski definition) is 3. The molecule has 0 spiro atoms. The van der Waals surface area contributed by atoms with E-state index in [2.05, 4.69) is 32.7 Å². The molecular formula is C20H33IN6. The van der Waals surface area contributed by atoms with Crippen LogP contribution in [0.5, 0.6) is 0 Å². The summed E-state index contributed by atoms with van der Waals surface area (Å²) in [7, 11) is 1.82. The predicted molar refractivity (Wildman–Crippen MR) is 122 cm³/mol. The Morgan fingerprint density at radius 1 is 1.15 bits per heavy atom. The van der Waals surface area contributed by atoms with Gasteiger partial charge in [-0.05, 0) is 36.8 Å². The molecule has 0 aromatic carbocycles. The van der Waals surface area contributed by atoms with E-state index in [1.165, 1.54) is 44.9 Å². The Labute approximate surface area is 179 Å². The van der Waals surface area contributed by atoms with Gasteiger partial charge in [0.1, 0.15) is 0 Å². The van der Waals surface area contributed by atoms with Crippen LogP contribution in [0.2, 0.25) is 0 Å². The van der Waals surface area contributed by atoms with Crippen LogP contribution in [0, 0.1) is 11.8 Å². The predicted octanol–water partition coefficient (Wildman–Crippen LogP) is 4.01. The molecule has 7 heteroatoms. The smallest absolute Gasteiger partial charge is 0.191 e. The first-order chi connectivity index (χ1) is 12.8. The van der Waals surface area contributed by atoms with Gasteiger partial charge in [0.05, 0.1) is 6.54 Å². The second-order valence-corrected chi connectivity index (χ2v) is 7.38. The van der Waals surface area contributed by atoms with Gasteiger partial charge >= 0.3 is 0 Å². The van der Waals surface area contributed by atoms with Crippen LogP contribution < -0.4 is 10.6 Å². The molecule has 6 nitrogen and oxygen atoms in total. The third-order valence-electron chi connectivity index (χ3n) is 5.51. The average Bonchev–Trinajstić information content (AvgIpc) is 3.10. The fourth-order valence-corrected chi connectivity index (χ4v) is 3.85. The van der Waals surface area contributed by atoms with Gasteiger partial charge in [0.25, 0.3) is 0 Å². The van der Waals surface area contributed by atoms with Crippen molar-refractivity contribution in [2.45, 2.75) is 58.4 Å². The van der Waals surface area contributed by atoms with Crippen molar-refractivity contribution in [2.75, 3.05) is 13.6 Å². The van der Waals surface area contributed by atoms with Crippen LogP contribution >= 0.6 is 24.0 Å². The van der Waals surface area contributed by atoms with Crippen LogP contribution in [-0.4, -0.2) is 34.2 Å². The molecule has 0 atom stereocenters. The molecule has 2 aromatic rings. The highest BCUT2D eigenvalue weighted by Gasteiger charge is 2.20. The number of guanidine groups is 1. The number of aromatic nitrogens is 3. The van der Waals surface area contributed by atoms with E-state index in [-0.39, 0.29) is 24.0 Å². The summed E-state index contributed by atoms with van der Waals surface area (Å²) in [5.41, 5.74) is 0.868. The van der Waals surface area contributed by atoms with Crippen LogP contribution in [-0.2, 0) is 6.54 Å². The first-order valence-corrected chi connectivity index (χ1v) is 10.0. The normalized spacial score (nSPS) is 20.3. The van der Waals surface area contributed by atoms with E-state index in [0.717, 1.165) is 35.8 Å². The molecule has 1 aliphatic rings. The average molecular weight is 484 g/mol. The monoisotopic (exact) mass is 484 g/mol. The quantitative estimate of drug-likeness (QED) is 0.354. The lowest BCUT2D eigenvalue weighted by molar-refractivity contribution is 0.259. The minimum atomic E-state index is 0. The summed E-state index contributed by atoms with van der Waals surface area (Å²) < 4.78 is 2.00. The van der Waals surface area contributed by atoms with Gasteiger partial charge in [-0.15, -0.1) is 34.2 Å². The summed E-state index contributed by atoms with van der Waals surface area (Å²) in [5.74, 6) is 3.45. The Bertz CT molecular complexity index is 705. The van der Waals surface area contributed by atoms with Gasteiger partial charge in [0.2, 0.25) is 0 Å². The summed E-state index contributed by atoms with van der Waals surface area (Å²) in [5, 5.41) is 15.3. The number of pyridine rings is 1. The second-order valence-electron chi connectivity index (χ2n) is 7.38. The minimum absolute atomic E-state index is 0. The third kappa shape index (κ3) is 6.33. The largest absolute Gasteiger partial charge is 0.356 e. The summed E-state index contributed by atoms with van der Waals surface area (Å²) >= 11 is 0. The molecule has 0 saturated heterocycles. The maximum atomic E-state index is 4.34. The van der Waals surface area contributed by atoms with Gasteiger partial charge in [0.15, 0.2) is 17.4 Å². The summed E-state index contributed by atoms with van der Waals surface area (Å²) in [6, 6.07) is 5.92. The minimum Gasteiger partial charge on any atom is -0.356 e. The van der Waals surface area contributed by atoms with Crippen molar-refractivity contribution >= 4 is 35.6 Å². The first kappa shape index (κ1) is 21.9. The summed E-state index contributed by atoms with van der Waals surface area (Å²) in [6.07, 6.45) is 11.6. The standard InChI is InChI=1S/C20H32N6.HI/c1-3-4-7-16-9-11-17(12-10-16)14-22-20(21-2)23-15-19-25-24-18-8-5-6-13-26(18)19;/h5-6,8,13,16-17H,3-4,7,9-12,14-15H2,1-2H3,(H2,21,22,23);1H. The molecule has 0 aliphatic heterocycles. The Morgan fingerprint density at radius 3 is 2.67 bits per heavy atom. The van der Waals surface area contributed by atoms with Crippen molar-refractivity contribution < 1.29 is 0 Å². The van der Waals surface area contributed by atoms with Crippen LogP contribution in [0.3, 0.4) is 0 Å². The lowest BCUT2D eigenvalue weighted by atomic mass is 9.80. The molecule has 2 N–H and O–H groups in total. The van der Waals surface area contributed by atoms with Crippen molar-refractivity contribution in [3.05, 3.63) is 30.2 Å². The van der Waals surface area contributed by atoms with Gasteiger partial charge in [0, 0.05) is 19.8 Å². The molecule has 2 aromatic heterocycles. The number of nitrogens with one attached hydrogen (secondary N) is 2. The second kappa shape index (κ2) is 11.5. The SMILES string of the molecule is CCCCC1CCC(CNC(=NC)NCc2nnc3ccccn23)CC1.I. The Kier molecular flexibility index (Phi) is 9.30. The Morgan fingerprint density at radius 2 is 1.93 bits per heavy atom. The Balaban J connectivity index is 0.00000261. The third-order valence-corrected chi connectivity index (χ3v) is 5.51. The first-order valence-electron chi connectivity index (χ1n) is 10.0. The van der Waals surface area contributed by atoms with Crippen molar-refractivity contribution in [1.29, 1.82) is 0 Å². The zero-order valence-electron chi connectivity index (χ0n) is 16.5. The number of aliphatic imine (C=N–C) groups is 1. The summed E-state index contributed by atoms with van der Waals surface area (Å²) in [6.45, 7) is 3.89. The lowest BCUT2D eigenvalue weighted by Crippen LogP contribution is -2.40. The van der Waals surface area contributed by atoms with E-state index in [9.17, 15) is 0 Å². The van der Waals surface area contributed by atoms with Crippen LogP contribution in [0.15, 0.2) is 29.4 Å². The van der Waals surface area contributed by atoms with E-state index in [1.807, 2.05) is 35.8 Å². The van der Waals surface area contributed by atoms with E-state index in [0.29, 0.717) is 6.54 Å². The van der Waals surface area contributed by atoms with E-state index < -0.39 is 0 Å². The van der Waals surface area contributed by atoms with Crippen molar-refractivity contribution in [3.8, 4) is 0 Å². The lowest BCUT2D eigenvalue weighted by Gasteiger charge is -2.29. The van der Waals surface area contributed by atoms with Gasteiger partial charge in [-0.2, -0.15) is 0 Å². The van der Waals surface area contributed by atoms with Crippen LogP contribution in [0.4, 0.5) is 0 Å². The molecule has 1 aliphatic carbocycles. The number of rotatable bonds is 7. The summed E-state index contributed by atoms with van der Waals surface area (Å²) in [4.78, 5) is 4.34. The van der Waals surface area contributed by atoms with Crippen molar-refractivity contribution in [2.24, 2.45) is 16.8 Å². The molecule has 27 heavy (non-hydrogen) atoms. The van der Waals surface area contributed by atoms with Crippen molar-refractivity contribution in [3.63, 3.8) is 0 Å². The molecule has 150 valence electrons. The van der Waals surface area contributed by atoms with Gasteiger partial charge in [-0.3, -0.25) is 9.39 Å². The molecule has 0 radical (unpaired) electrons. The van der Waals surface area contributed by atoms with Gasteiger partial charge in [-0.25, -0.2) is 0 Å². The maximum Gasteiger partial charge on any atom is 0.191 e. The van der Waals surface area contributed by atoms with E-state index in [4.69, 9.17) is 0 Å². The molecule has 0 unspecified atom stereocenters. The molecular weight excluding hydrogens is 451 g/mol. The Hall–Kier alpha value is -1.38. The van der Waals surface area contributed by atoms with E-state index >= 15 is 0 Å². The van der Waals surface area contributed by atoms with Crippen LogP contribution in [0.25, 0.3) is 5.65 Å². The van der Waals surface area contributed by atoms with E-state index in [1.54, 1.807) is 0 Å². The highest BCUT2D eigenvalue weighted by atomic mass is 127. The highest BCUT2D eigenvalue weighted by molar-refractivity contribution is 14.0. The zero-order valence-corrected chi connectivity index (χ0v) is 18.9. The molecule has 1 fully saturated rings. The topological polar surface area (TPSA) is 66.6 Å². The van der Waals surface area contributed by atoms with Gasteiger partial charge in [-0.1, -0.05) is 45.1 Å². The number of hydrogen-bond donors (Lipinski definition) is 2. The molecule has 2 heterocycles. The van der Waals surface area contributed by atoms with Crippen molar-refractivity contribution in [1.82, 2.24) is 25.2 Å². The maximum absolute atomic E-state index is 4.34. The number of unbranched alkanes of at least 4 members (excludes halogenated alkanes) is 1. The number of halogens is 1. The van der Waals surface area contributed by atoms with Gasteiger partial charge < -0.3 is 10.6 Å². The molecule has 0 amide bonds. The molecule has 0 bridgehead atoms. The number of nitrogens with zero attached hydrogens (tertiary/aromatic N) is 4. The highest BCUT2D eigenvalue weighted by Crippen LogP contribution is 2.31. The fourth-order valence-electron chi connectivity index (χ4n) is 3.85. The fraction of sp³-hybridized carbons (Fsp3) is 0.650.